The van der Waals surface area contributed by atoms with Crippen LogP contribution in [0.2, 0.25) is 0 Å². The van der Waals surface area contributed by atoms with Gasteiger partial charge in [0.15, 0.2) is 5.13 Å². The fraction of sp³-hybridized carbons (Fsp3) is 0.545. The van der Waals surface area contributed by atoms with Crippen LogP contribution >= 0.6 is 11.3 Å². The summed E-state index contributed by atoms with van der Waals surface area (Å²) in [6, 6.07) is 5.67. The summed E-state index contributed by atoms with van der Waals surface area (Å²) in [6.45, 7) is 11.3. The van der Waals surface area contributed by atoms with E-state index in [0.717, 1.165) is 22.0 Å². The summed E-state index contributed by atoms with van der Waals surface area (Å²) in [5, 5.41) is 13.2. The number of para-hydroxylation sites is 1. The zero-order chi connectivity index (χ0) is 21.2. The first-order chi connectivity index (χ1) is 13.7. The monoisotopic (exact) mass is 418 g/mol. The Bertz CT molecular complexity index is 859. The van der Waals surface area contributed by atoms with Gasteiger partial charge in [0.25, 0.3) is 0 Å². The quantitative estimate of drug-likeness (QED) is 0.726. The topological polar surface area (TPSA) is 71.9 Å². The molecule has 1 N–H and O–H groups in total. The maximum Gasteiger partial charge on any atom is 0.312 e. The van der Waals surface area contributed by atoms with Crippen LogP contribution in [-0.2, 0) is 14.3 Å². The lowest BCUT2D eigenvalue weighted by atomic mass is 9.93. The smallest absolute Gasteiger partial charge is 0.312 e. The van der Waals surface area contributed by atoms with Crippen molar-refractivity contribution < 1.29 is 19.4 Å². The number of hydrogen-bond acceptors (Lipinski definition) is 7. The van der Waals surface area contributed by atoms with E-state index in [1.807, 2.05) is 58.2 Å². The number of thiazole rings is 1. The number of aryl methyl sites for hydroxylation is 1. The fourth-order valence-corrected chi connectivity index (χ4v) is 4.38. The number of carbonyl (C=O) groups excluding carboxylic acids is 1. The largest absolute Gasteiger partial charge is 0.507 e. The fourth-order valence-electron chi connectivity index (χ4n) is 3.52. The highest BCUT2D eigenvalue weighted by Gasteiger charge is 2.38. The SMILES string of the molecule is CCO[C@H]1CN(c2nc(-c3cccc(C)c3O)cs2)CC[C@H]1C(=O)OC(C)(C)C. The van der Waals surface area contributed by atoms with Gasteiger partial charge in [-0.15, -0.1) is 11.3 Å². The summed E-state index contributed by atoms with van der Waals surface area (Å²) >= 11 is 1.54. The van der Waals surface area contributed by atoms with E-state index in [1.54, 1.807) is 0 Å². The number of hydrogen-bond donors (Lipinski definition) is 1. The summed E-state index contributed by atoms with van der Waals surface area (Å²) in [6.07, 6.45) is 0.424. The second kappa shape index (κ2) is 8.71. The third kappa shape index (κ3) is 5.08. The first kappa shape index (κ1) is 21.6. The second-order valence-electron chi connectivity index (χ2n) is 8.35. The molecule has 2 heterocycles. The Morgan fingerprint density at radius 1 is 1.38 bits per heavy atom. The van der Waals surface area contributed by atoms with Crippen molar-refractivity contribution in [3.05, 3.63) is 29.1 Å². The number of phenolic OH excluding ortho intramolecular Hbond substituents is 1. The number of carbonyl (C=O) groups is 1. The van der Waals surface area contributed by atoms with Crippen LogP contribution in [0, 0.1) is 12.8 Å². The number of esters is 1. The molecule has 0 unspecified atom stereocenters. The molecule has 158 valence electrons. The number of rotatable bonds is 5. The molecule has 0 bridgehead atoms. The van der Waals surface area contributed by atoms with Crippen molar-refractivity contribution in [3.8, 4) is 17.0 Å². The average molecular weight is 419 g/mol. The van der Waals surface area contributed by atoms with Gasteiger partial charge in [-0.3, -0.25) is 4.79 Å². The average Bonchev–Trinajstić information content (AvgIpc) is 3.12. The highest BCUT2D eigenvalue weighted by atomic mass is 32.1. The van der Waals surface area contributed by atoms with E-state index in [9.17, 15) is 9.90 Å². The summed E-state index contributed by atoms with van der Waals surface area (Å²) < 4.78 is 11.5. The highest BCUT2D eigenvalue weighted by molar-refractivity contribution is 7.14. The standard InChI is InChI=1S/C22H30N2O4S/c1-6-27-18-12-24(11-10-16(18)20(26)28-22(3,4)5)21-23-17(13-29-21)15-9-7-8-14(2)19(15)25/h7-9,13,16,18,25H,6,10-12H2,1-5H3/t16-,18+/m1/s1. The van der Waals surface area contributed by atoms with E-state index in [-0.39, 0.29) is 23.7 Å². The molecule has 1 aromatic heterocycles. The van der Waals surface area contributed by atoms with Crippen LogP contribution in [0.1, 0.15) is 39.7 Å². The zero-order valence-corrected chi connectivity index (χ0v) is 18.6. The number of ether oxygens (including phenoxy) is 2. The molecule has 2 aromatic rings. The molecule has 0 radical (unpaired) electrons. The second-order valence-corrected chi connectivity index (χ2v) is 9.19. The van der Waals surface area contributed by atoms with Crippen LogP contribution in [0.3, 0.4) is 0 Å². The summed E-state index contributed by atoms with van der Waals surface area (Å²) in [4.78, 5) is 19.5. The summed E-state index contributed by atoms with van der Waals surface area (Å²) in [5.41, 5.74) is 1.81. The number of anilines is 1. The van der Waals surface area contributed by atoms with Crippen molar-refractivity contribution in [3.63, 3.8) is 0 Å². The number of nitrogens with zero attached hydrogens (tertiary/aromatic N) is 2. The third-order valence-corrected chi connectivity index (χ3v) is 5.83. The molecular formula is C22H30N2O4S. The molecular weight excluding hydrogens is 388 g/mol. The summed E-state index contributed by atoms with van der Waals surface area (Å²) in [7, 11) is 0. The van der Waals surface area contributed by atoms with Gasteiger partial charge in [-0.05, 0) is 52.7 Å². The molecule has 0 spiro atoms. The Morgan fingerprint density at radius 2 is 2.14 bits per heavy atom. The lowest BCUT2D eigenvalue weighted by Gasteiger charge is -2.38. The van der Waals surface area contributed by atoms with Crippen molar-refractivity contribution >= 4 is 22.4 Å². The van der Waals surface area contributed by atoms with Gasteiger partial charge in [0.1, 0.15) is 11.4 Å². The molecule has 2 atom stereocenters. The first-order valence-electron chi connectivity index (χ1n) is 10.0. The van der Waals surface area contributed by atoms with Crippen LogP contribution in [0.25, 0.3) is 11.3 Å². The number of phenols is 1. The zero-order valence-electron chi connectivity index (χ0n) is 17.8. The van der Waals surface area contributed by atoms with Crippen molar-refractivity contribution in [1.29, 1.82) is 0 Å². The molecule has 7 heteroatoms. The van der Waals surface area contributed by atoms with Crippen LogP contribution in [0.4, 0.5) is 5.13 Å². The van der Waals surface area contributed by atoms with E-state index < -0.39 is 5.60 Å². The minimum Gasteiger partial charge on any atom is -0.507 e. The minimum absolute atomic E-state index is 0.194. The molecule has 6 nitrogen and oxygen atoms in total. The Labute approximate surface area is 176 Å². The molecule has 1 aliphatic rings. The summed E-state index contributed by atoms with van der Waals surface area (Å²) in [5.74, 6) is -0.203. The van der Waals surface area contributed by atoms with Crippen LogP contribution in [0.5, 0.6) is 5.75 Å². The highest BCUT2D eigenvalue weighted by Crippen LogP contribution is 2.36. The number of aromatic hydroxyl groups is 1. The van der Waals surface area contributed by atoms with E-state index in [4.69, 9.17) is 14.5 Å². The normalized spacial score (nSPS) is 20.0. The molecule has 0 saturated carbocycles. The van der Waals surface area contributed by atoms with Gasteiger partial charge in [0.05, 0.1) is 17.7 Å². The molecule has 3 rings (SSSR count). The van der Waals surface area contributed by atoms with Crippen LogP contribution in [-0.4, -0.2) is 47.5 Å². The molecule has 1 fully saturated rings. The van der Waals surface area contributed by atoms with Crippen LogP contribution in [0.15, 0.2) is 23.6 Å². The lowest BCUT2D eigenvalue weighted by Crippen LogP contribution is -2.49. The van der Waals surface area contributed by atoms with Gasteiger partial charge >= 0.3 is 5.97 Å². The van der Waals surface area contributed by atoms with E-state index >= 15 is 0 Å². The van der Waals surface area contributed by atoms with E-state index in [2.05, 4.69) is 4.90 Å². The van der Waals surface area contributed by atoms with Gasteiger partial charge < -0.3 is 19.5 Å². The van der Waals surface area contributed by atoms with Gasteiger partial charge in [-0.25, -0.2) is 4.98 Å². The molecule has 29 heavy (non-hydrogen) atoms. The van der Waals surface area contributed by atoms with Gasteiger partial charge in [0.2, 0.25) is 0 Å². The number of piperidine rings is 1. The first-order valence-corrected chi connectivity index (χ1v) is 10.9. The molecule has 0 amide bonds. The maximum absolute atomic E-state index is 12.6. The maximum atomic E-state index is 12.6. The molecule has 1 saturated heterocycles. The van der Waals surface area contributed by atoms with Gasteiger partial charge in [0, 0.05) is 30.6 Å². The van der Waals surface area contributed by atoms with E-state index in [0.29, 0.717) is 26.1 Å². The predicted octanol–water partition coefficient (Wildman–Crippen LogP) is 4.40. The van der Waals surface area contributed by atoms with Crippen molar-refractivity contribution in [2.24, 2.45) is 5.92 Å². The number of aromatic nitrogens is 1. The van der Waals surface area contributed by atoms with Crippen molar-refractivity contribution in [2.75, 3.05) is 24.6 Å². The third-order valence-electron chi connectivity index (χ3n) is 4.93. The Kier molecular flexibility index (Phi) is 6.49. The van der Waals surface area contributed by atoms with Crippen molar-refractivity contribution in [1.82, 2.24) is 4.98 Å². The molecule has 1 aromatic carbocycles. The van der Waals surface area contributed by atoms with E-state index in [1.165, 1.54) is 11.3 Å². The van der Waals surface area contributed by atoms with Gasteiger partial charge in [-0.2, -0.15) is 0 Å². The number of benzene rings is 1. The molecule has 1 aliphatic heterocycles. The predicted molar refractivity (Wildman–Crippen MR) is 116 cm³/mol. The van der Waals surface area contributed by atoms with Crippen molar-refractivity contribution in [2.45, 2.75) is 52.7 Å². The molecule has 0 aliphatic carbocycles. The minimum atomic E-state index is -0.509. The Hall–Kier alpha value is -2.12. The Balaban J connectivity index is 1.76. The Morgan fingerprint density at radius 3 is 2.83 bits per heavy atom. The van der Waals surface area contributed by atoms with Crippen LogP contribution < -0.4 is 4.90 Å². The lowest BCUT2D eigenvalue weighted by molar-refractivity contribution is -0.166. The van der Waals surface area contributed by atoms with Gasteiger partial charge in [-0.1, -0.05) is 12.1 Å².